The van der Waals surface area contributed by atoms with Gasteiger partial charge in [-0.25, -0.2) is 4.79 Å². The van der Waals surface area contributed by atoms with Gasteiger partial charge in [-0.1, -0.05) is 13.8 Å². The maximum Gasteiger partial charge on any atom is 0.338 e. The number of hydrogen-bond acceptors (Lipinski definition) is 5. The van der Waals surface area contributed by atoms with Crippen LogP contribution in [0.2, 0.25) is 0 Å². The van der Waals surface area contributed by atoms with Gasteiger partial charge in [-0.05, 0) is 12.8 Å². The summed E-state index contributed by atoms with van der Waals surface area (Å²) in [5, 5.41) is 11.2. The van der Waals surface area contributed by atoms with E-state index in [-0.39, 0.29) is 36.2 Å². The Morgan fingerprint density at radius 2 is 2.10 bits per heavy atom. The molecule has 1 amide bonds. The Bertz CT molecular complexity index is 442. The molecule has 0 bridgehead atoms. The highest BCUT2D eigenvalue weighted by Crippen LogP contribution is 2.19. The molecule has 1 aliphatic rings. The van der Waals surface area contributed by atoms with E-state index in [2.05, 4.69) is 5.32 Å². The van der Waals surface area contributed by atoms with Gasteiger partial charge >= 0.3 is 11.9 Å². The minimum absolute atomic E-state index is 0.0338. The van der Waals surface area contributed by atoms with Gasteiger partial charge in [0.2, 0.25) is 0 Å². The number of esters is 1. The standard InChI is InChI=1S/C13H20N2O5/c1-4-20-13(19)9-7-15(6-8(2)3)12(18)11(9)14-5-10(16)17/h8,14H,4-7H2,1-3H3,(H,16,17). The normalized spacial score (nSPS) is 15.0. The predicted octanol–water partition coefficient (Wildman–Crippen LogP) is -0.0240. The first-order valence-corrected chi connectivity index (χ1v) is 6.52. The van der Waals surface area contributed by atoms with Gasteiger partial charge in [-0.2, -0.15) is 0 Å². The number of carbonyl (C=O) groups is 3. The molecule has 2 N–H and O–H groups in total. The molecular weight excluding hydrogens is 264 g/mol. The summed E-state index contributed by atoms with van der Waals surface area (Å²) in [6.07, 6.45) is 0. The second-order valence-electron chi connectivity index (χ2n) is 4.90. The highest BCUT2D eigenvalue weighted by Gasteiger charge is 2.35. The zero-order valence-electron chi connectivity index (χ0n) is 11.9. The van der Waals surface area contributed by atoms with Gasteiger partial charge in [-0.15, -0.1) is 0 Å². The number of carboxylic acids is 1. The molecule has 7 heteroatoms. The number of rotatable bonds is 7. The molecule has 0 saturated carbocycles. The number of amides is 1. The summed E-state index contributed by atoms with van der Waals surface area (Å²) in [6, 6.07) is 0. The number of aliphatic carboxylic acids is 1. The molecule has 1 heterocycles. The van der Waals surface area contributed by atoms with Crippen molar-refractivity contribution in [3.05, 3.63) is 11.3 Å². The number of carboxylic acid groups (broad SMARTS) is 1. The minimum atomic E-state index is -1.10. The van der Waals surface area contributed by atoms with Crippen LogP contribution in [0.5, 0.6) is 0 Å². The maximum absolute atomic E-state index is 12.2. The number of ether oxygens (including phenoxy) is 1. The van der Waals surface area contributed by atoms with Gasteiger partial charge in [-0.3, -0.25) is 9.59 Å². The topological polar surface area (TPSA) is 95.9 Å². The highest BCUT2D eigenvalue weighted by atomic mass is 16.5. The molecule has 1 aliphatic heterocycles. The van der Waals surface area contributed by atoms with Gasteiger partial charge in [0, 0.05) is 6.54 Å². The molecule has 0 radical (unpaired) electrons. The van der Waals surface area contributed by atoms with Crippen LogP contribution in [0.4, 0.5) is 0 Å². The third-order valence-electron chi connectivity index (χ3n) is 2.68. The summed E-state index contributed by atoms with van der Waals surface area (Å²) >= 11 is 0. The number of nitrogens with one attached hydrogen (secondary N) is 1. The van der Waals surface area contributed by atoms with Crippen LogP contribution >= 0.6 is 0 Å². The first-order valence-electron chi connectivity index (χ1n) is 6.52. The Labute approximate surface area is 117 Å². The average Bonchev–Trinajstić information content (AvgIpc) is 2.64. The van der Waals surface area contributed by atoms with Crippen molar-refractivity contribution in [3.8, 4) is 0 Å². The zero-order valence-corrected chi connectivity index (χ0v) is 11.9. The summed E-state index contributed by atoms with van der Waals surface area (Å²) in [5.74, 6) is -1.79. The first kappa shape index (κ1) is 16.0. The molecule has 0 aromatic heterocycles. The van der Waals surface area contributed by atoms with E-state index in [1.165, 1.54) is 4.90 Å². The van der Waals surface area contributed by atoms with Crippen molar-refractivity contribution in [1.82, 2.24) is 10.2 Å². The molecular formula is C13H20N2O5. The van der Waals surface area contributed by atoms with E-state index in [0.29, 0.717) is 6.54 Å². The molecule has 0 unspecified atom stereocenters. The van der Waals surface area contributed by atoms with E-state index in [1.807, 2.05) is 13.8 Å². The molecule has 20 heavy (non-hydrogen) atoms. The summed E-state index contributed by atoms with van der Waals surface area (Å²) < 4.78 is 4.90. The van der Waals surface area contributed by atoms with Gasteiger partial charge in [0.15, 0.2) is 0 Å². The monoisotopic (exact) mass is 284 g/mol. The maximum atomic E-state index is 12.2. The molecule has 0 aromatic carbocycles. The number of nitrogens with zero attached hydrogens (tertiary/aromatic N) is 1. The lowest BCUT2D eigenvalue weighted by Gasteiger charge is -2.18. The molecule has 1 rings (SSSR count). The van der Waals surface area contributed by atoms with Crippen LogP contribution in [0.15, 0.2) is 11.3 Å². The van der Waals surface area contributed by atoms with Crippen molar-refractivity contribution >= 4 is 17.8 Å². The van der Waals surface area contributed by atoms with Crippen molar-refractivity contribution in [2.45, 2.75) is 20.8 Å². The minimum Gasteiger partial charge on any atom is -0.480 e. The highest BCUT2D eigenvalue weighted by molar-refractivity contribution is 6.06. The van der Waals surface area contributed by atoms with Crippen LogP contribution in [0, 0.1) is 5.92 Å². The Hall–Kier alpha value is -2.05. The summed E-state index contributed by atoms with van der Waals surface area (Å²) in [6.45, 7) is 6.02. The Morgan fingerprint density at radius 3 is 2.60 bits per heavy atom. The van der Waals surface area contributed by atoms with Crippen molar-refractivity contribution in [3.63, 3.8) is 0 Å². The molecule has 0 aromatic rings. The molecule has 0 spiro atoms. The lowest BCUT2D eigenvalue weighted by atomic mass is 10.2. The quantitative estimate of drug-likeness (QED) is 0.638. The summed E-state index contributed by atoms with van der Waals surface area (Å²) in [5.41, 5.74) is 0.227. The van der Waals surface area contributed by atoms with Crippen LogP contribution in [0.25, 0.3) is 0 Å². The fourth-order valence-electron chi connectivity index (χ4n) is 1.95. The average molecular weight is 284 g/mol. The molecule has 0 fully saturated rings. The van der Waals surface area contributed by atoms with E-state index >= 15 is 0 Å². The Balaban J connectivity index is 2.91. The van der Waals surface area contributed by atoms with Gasteiger partial charge in [0.05, 0.1) is 18.7 Å². The lowest BCUT2D eigenvalue weighted by Crippen LogP contribution is -2.34. The molecule has 112 valence electrons. The van der Waals surface area contributed by atoms with Crippen molar-refractivity contribution in [2.24, 2.45) is 5.92 Å². The van der Waals surface area contributed by atoms with E-state index in [9.17, 15) is 14.4 Å². The van der Waals surface area contributed by atoms with Crippen molar-refractivity contribution < 1.29 is 24.2 Å². The van der Waals surface area contributed by atoms with Crippen LogP contribution in [0.1, 0.15) is 20.8 Å². The molecule has 0 aliphatic carbocycles. The number of carbonyl (C=O) groups excluding carboxylic acids is 2. The van der Waals surface area contributed by atoms with E-state index in [0.717, 1.165) is 0 Å². The van der Waals surface area contributed by atoms with Gasteiger partial charge in [0.25, 0.3) is 5.91 Å². The van der Waals surface area contributed by atoms with Crippen molar-refractivity contribution in [2.75, 3.05) is 26.2 Å². The number of hydrogen-bond donors (Lipinski definition) is 2. The third kappa shape index (κ3) is 3.97. The zero-order chi connectivity index (χ0) is 15.3. The molecule has 7 nitrogen and oxygen atoms in total. The smallest absolute Gasteiger partial charge is 0.338 e. The fraction of sp³-hybridized carbons (Fsp3) is 0.615. The van der Waals surface area contributed by atoms with E-state index in [1.54, 1.807) is 6.92 Å². The Kier molecular flexibility index (Phi) is 5.54. The summed E-state index contributed by atoms with van der Waals surface area (Å²) in [4.78, 5) is 36.1. The van der Waals surface area contributed by atoms with Crippen LogP contribution in [0.3, 0.4) is 0 Å². The van der Waals surface area contributed by atoms with Crippen LogP contribution < -0.4 is 5.32 Å². The van der Waals surface area contributed by atoms with Crippen molar-refractivity contribution in [1.29, 1.82) is 0 Å². The third-order valence-corrected chi connectivity index (χ3v) is 2.68. The van der Waals surface area contributed by atoms with E-state index in [4.69, 9.17) is 9.84 Å². The molecule has 0 atom stereocenters. The van der Waals surface area contributed by atoms with Gasteiger partial charge in [0.1, 0.15) is 12.2 Å². The fourth-order valence-corrected chi connectivity index (χ4v) is 1.95. The van der Waals surface area contributed by atoms with E-state index < -0.39 is 18.5 Å². The van der Waals surface area contributed by atoms with Crippen LogP contribution in [-0.4, -0.2) is 54.1 Å². The summed E-state index contributed by atoms with van der Waals surface area (Å²) in [7, 11) is 0. The van der Waals surface area contributed by atoms with Gasteiger partial charge < -0.3 is 20.1 Å². The predicted molar refractivity (Wildman–Crippen MR) is 70.7 cm³/mol. The first-order chi connectivity index (χ1) is 9.36. The van der Waals surface area contributed by atoms with Crippen LogP contribution in [-0.2, 0) is 19.1 Å². The molecule has 0 saturated heterocycles. The second-order valence-corrected chi connectivity index (χ2v) is 4.90. The SMILES string of the molecule is CCOC(=O)C1=C(NCC(=O)O)C(=O)N(CC(C)C)C1. The lowest BCUT2D eigenvalue weighted by molar-refractivity contribution is -0.139. The largest absolute Gasteiger partial charge is 0.480 e. The second kappa shape index (κ2) is 6.93. The Morgan fingerprint density at radius 1 is 1.45 bits per heavy atom.